The van der Waals surface area contributed by atoms with Crippen molar-refractivity contribution in [3.05, 3.63) is 57.6 Å². The van der Waals surface area contributed by atoms with E-state index in [1.807, 2.05) is 27.7 Å². The van der Waals surface area contributed by atoms with Gasteiger partial charge in [-0.3, -0.25) is 0 Å². The Morgan fingerprint density at radius 1 is 0.625 bits per heavy atom. The highest BCUT2D eigenvalue weighted by atomic mass is 16.5. The second-order valence-electron chi connectivity index (χ2n) is 10.9. The highest BCUT2D eigenvalue weighted by Crippen LogP contribution is 2.29. The van der Waals surface area contributed by atoms with E-state index in [4.69, 9.17) is 19.3 Å². The first-order chi connectivity index (χ1) is 19.1. The Hall–Kier alpha value is -2.04. The number of aryl methyl sites for hydroxylation is 6. The van der Waals surface area contributed by atoms with E-state index in [1.165, 1.54) is 33.4 Å². The summed E-state index contributed by atoms with van der Waals surface area (Å²) < 4.78 is 17.6. The zero-order chi connectivity index (χ0) is 30.7. The van der Waals surface area contributed by atoms with Crippen molar-refractivity contribution >= 4 is 0 Å². The molecule has 4 heteroatoms. The molecule has 0 bridgehead atoms. The van der Waals surface area contributed by atoms with Gasteiger partial charge in [0.05, 0.1) is 25.4 Å². The first-order valence-corrected chi connectivity index (χ1v) is 15.9. The van der Waals surface area contributed by atoms with E-state index >= 15 is 0 Å². The normalized spacial score (nSPS) is 10.9. The molecule has 2 rings (SSSR count). The molecule has 0 aliphatic heterocycles. The molecule has 0 saturated carbocycles. The molecule has 0 aliphatic rings. The van der Waals surface area contributed by atoms with Crippen LogP contribution in [-0.4, -0.2) is 37.1 Å². The second kappa shape index (κ2) is 20.8. The number of benzene rings is 2. The maximum absolute atomic E-state index is 9.17. The van der Waals surface area contributed by atoms with E-state index in [9.17, 15) is 0 Å². The van der Waals surface area contributed by atoms with Gasteiger partial charge in [0.25, 0.3) is 0 Å². The zero-order valence-corrected chi connectivity index (χ0v) is 28.1. The first-order valence-electron chi connectivity index (χ1n) is 15.9. The van der Waals surface area contributed by atoms with Crippen molar-refractivity contribution in [2.45, 2.75) is 127 Å². The van der Waals surface area contributed by atoms with Crippen molar-refractivity contribution in [1.29, 1.82) is 0 Å². The third-order valence-electron chi connectivity index (χ3n) is 6.71. The molecule has 40 heavy (non-hydrogen) atoms. The third-order valence-corrected chi connectivity index (χ3v) is 6.71. The summed E-state index contributed by atoms with van der Waals surface area (Å²) in [6, 6.07) is 9.09. The molecule has 2 aromatic carbocycles. The average Bonchev–Trinajstić information content (AvgIpc) is 2.98. The predicted molar refractivity (Wildman–Crippen MR) is 173 cm³/mol. The molecule has 0 radical (unpaired) electrons. The fourth-order valence-electron chi connectivity index (χ4n) is 4.24. The molecule has 2 aromatic rings. The molecule has 0 aromatic heterocycles. The van der Waals surface area contributed by atoms with E-state index in [0.717, 1.165) is 56.6 Å². The minimum atomic E-state index is -0.503. The maximum atomic E-state index is 9.17. The number of hydrogen-bond acceptors (Lipinski definition) is 4. The summed E-state index contributed by atoms with van der Waals surface area (Å²) in [4.78, 5) is 0. The lowest BCUT2D eigenvalue weighted by Crippen LogP contribution is -2.30. The predicted octanol–water partition coefficient (Wildman–Crippen LogP) is 8.97. The van der Waals surface area contributed by atoms with Gasteiger partial charge in [-0.25, -0.2) is 0 Å². The van der Waals surface area contributed by atoms with Crippen molar-refractivity contribution in [2.24, 2.45) is 5.92 Å². The van der Waals surface area contributed by atoms with Gasteiger partial charge >= 0.3 is 0 Å². The van der Waals surface area contributed by atoms with Crippen LogP contribution < -0.4 is 9.47 Å². The van der Waals surface area contributed by atoms with Crippen LogP contribution in [-0.2, 0) is 43.3 Å². The number of aliphatic hydroxyl groups excluding tert-OH is 1. The van der Waals surface area contributed by atoms with E-state index in [0.29, 0.717) is 19.1 Å². The highest BCUT2D eigenvalue weighted by molar-refractivity contribution is 5.46. The molecule has 0 aliphatic carbocycles. The fraction of sp³-hybridized carbons (Fsp3) is 0.667. The molecule has 0 saturated heterocycles. The van der Waals surface area contributed by atoms with Gasteiger partial charge in [0.1, 0.15) is 18.1 Å². The number of ether oxygens (including phenoxy) is 3. The SMILES string of the molecule is CC.CCc1cc(CC)c(OCC(C)C)c(CC)c1.CCc1cc(CC)c(OCCOC(C)(C)CO)c(CC)c1. The summed E-state index contributed by atoms with van der Waals surface area (Å²) in [7, 11) is 0. The van der Waals surface area contributed by atoms with Gasteiger partial charge in [-0.05, 0) is 91.7 Å². The lowest BCUT2D eigenvalue weighted by atomic mass is 9.99. The van der Waals surface area contributed by atoms with Gasteiger partial charge in [-0.1, -0.05) is 93.5 Å². The molecule has 0 atom stereocenters. The Kier molecular flexibility index (Phi) is 19.7. The summed E-state index contributed by atoms with van der Waals surface area (Å²) >= 11 is 0. The average molecular weight is 559 g/mol. The van der Waals surface area contributed by atoms with Gasteiger partial charge in [0, 0.05) is 0 Å². The topological polar surface area (TPSA) is 47.9 Å². The lowest BCUT2D eigenvalue weighted by Gasteiger charge is -2.23. The van der Waals surface area contributed by atoms with Crippen molar-refractivity contribution in [2.75, 3.05) is 26.4 Å². The molecule has 0 unspecified atom stereocenters. The Morgan fingerprint density at radius 3 is 1.30 bits per heavy atom. The summed E-state index contributed by atoms with van der Waals surface area (Å²) in [5.41, 5.74) is 7.56. The van der Waals surface area contributed by atoms with Crippen molar-refractivity contribution in [3.8, 4) is 11.5 Å². The van der Waals surface area contributed by atoms with Crippen molar-refractivity contribution in [1.82, 2.24) is 0 Å². The standard InChI is InChI=1S/C18H30O3.C16H26O.C2H6/c1-6-14-11-15(7-2)17(16(8-3)12-14)20-9-10-21-18(4,5)13-19;1-6-13-9-14(7-2)16(15(8-3)10-13)17-11-12(4)5;1-2/h11-12,19H,6-10,13H2,1-5H3;9-10,12H,6-8,11H2,1-5H3;1-2H3. The van der Waals surface area contributed by atoms with Crippen LogP contribution in [0.25, 0.3) is 0 Å². The Bertz CT molecular complexity index is 896. The monoisotopic (exact) mass is 558 g/mol. The largest absolute Gasteiger partial charge is 0.493 e. The van der Waals surface area contributed by atoms with Gasteiger partial charge < -0.3 is 19.3 Å². The summed E-state index contributed by atoms with van der Waals surface area (Å²) in [6.45, 7) is 27.1. The lowest BCUT2D eigenvalue weighted by molar-refractivity contribution is -0.0618. The smallest absolute Gasteiger partial charge is 0.125 e. The zero-order valence-electron chi connectivity index (χ0n) is 28.1. The van der Waals surface area contributed by atoms with E-state index in [-0.39, 0.29) is 6.61 Å². The summed E-state index contributed by atoms with van der Waals surface area (Å²) in [6.07, 6.45) is 6.19. The van der Waals surface area contributed by atoms with Crippen LogP contribution in [0.5, 0.6) is 11.5 Å². The second-order valence-corrected chi connectivity index (χ2v) is 10.9. The fourth-order valence-corrected chi connectivity index (χ4v) is 4.24. The van der Waals surface area contributed by atoms with Gasteiger partial charge in [0.15, 0.2) is 0 Å². The molecule has 4 nitrogen and oxygen atoms in total. The van der Waals surface area contributed by atoms with Crippen LogP contribution in [0.15, 0.2) is 24.3 Å². The van der Waals surface area contributed by atoms with Crippen LogP contribution >= 0.6 is 0 Å². The van der Waals surface area contributed by atoms with E-state index in [1.54, 1.807) is 0 Å². The van der Waals surface area contributed by atoms with Crippen LogP contribution in [0.4, 0.5) is 0 Å². The third kappa shape index (κ3) is 13.1. The summed E-state index contributed by atoms with van der Waals surface area (Å²) in [5, 5.41) is 9.17. The Labute approximate surface area is 247 Å². The minimum Gasteiger partial charge on any atom is -0.493 e. The molecular formula is C36H62O4. The maximum Gasteiger partial charge on any atom is 0.125 e. The molecule has 0 amide bonds. The number of hydrogen-bond donors (Lipinski definition) is 1. The van der Waals surface area contributed by atoms with Crippen LogP contribution in [0.1, 0.15) is 116 Å². The molecule has 0 fully saturated rings. The van der Waals surface area contributed by atoms with Crippen LogP contribution in [0.3, 0.4) is 0 Å². The molecule has 1 N–H and O–H groups in total. The summed E-state index contributed by atoms with van der Waals surface area (Å²) in [5.74, 6) is 2.73. The molecular weight excluding hydrogens is 496 g/mol. The quantitative estimate of drug-likeness (QED) is 0.222. The van der Waals surface area contributed by atoms with Crippen molar-refractivity contribution in [3.63, 3.8) is 0 Å². The van der Waals surface area contributed by atoms with Gasteiger partial charge in [-0.2, -0.15) is 0 Å². The molecule has 230 valence electrons. The Balaban J connectivity index is 0.000000730. The van der Waals surface area contributed by atoms with Crippen LogP contribution in [0, 0.1) is 5.92 Å². The Morgan fingerprint density at radius 2 is 1.00 bits per heavy atom. The van der Waals surface area contributed by atoms with E-state index in [2.05, 4.69) is 79.7 Å². The highest BCUT2D eigenvalue weighted by Gasteiger charge is 2.17. The molecule has 0 heterocycles. The number of aliphatic hydroxyl groups is 1. The first kappa shape index (κ1) is 38.0. The van der Waals surface area contributed by atoms with Crippen LogP contribution in [0.2, 0.25) is 0 Å². The van der Waals surface area contributed by atoms with Crippen molar-refractivity contribution < 1.29 is 19.3 Å². The minimum absolute atomic E-state index is 0.0125. The number of rotatable bonds is 15. The van der Waals surface area contributed by atoms with Gasteiger partial charge in [-0.15, -0.1) is 0 Å². The molecule has 0 spiro atoms. The van der Waals surface area contributed by atoms with E-state index < -0.39 is 5.60 Å². The van der Waals surface area contributed by atoms with Gasteiger partial charge in [0.2, 0.25) is 0 Å².